The number of halogens is 1. The summed E-state index contributed by atoms with van der Waals surface area (Å²) in [6, 6.07) is 12.3. The predicted octanol–water partition coefficient (Wildman–Crippen LogP) is 3.19. The number of anilines is 1. The maximum absolute atomic E-state index is 12.0. The Morgan fingerprint density at radius 2 is 1.84 bits per heavy atom. The lowest BCUT2D eigenvalue weighted by atomic mass is 10.2. The summed E-state index contributed by atoms with van der Waals surface area (Å²) in [6.07, 6.45) is 0.0839. The van der Waals surface area contributed by atoms with E-state index in [9.17, 15) is 9.59 Å². The third-order valence-corrected chi connectivity index (χ3v) is 4.11. The molecule has 1 amide bonds. The molecule has 0 fully saturated rings. The average molecular weight is 408 g/mol. The normalized spacial score (nSPS) is 10.0. The fourth-order valence-corrected chi connectivity index (χ4v) is 2.51. The van der Waals surface area contributed by atoms with E-state index in [4.69, 9.17) is 14.2 Å². The summed E-state index contributed by atoms with van der Waals surface area (Å²) < 4.78 is 16.1. The molecule has 0 saturated carbocycles. The van der Waals surface area contributed by atoms with Gasteiger partial charge in [0, 0.05) is 10.5 Å². The molecule has 2 rings (SSSR count). The van der Waals surface area contributed by atoms with Crippen LogP contribution >= 0.6 is 15.9 Å². The zero-order valence-electron chi connectivity index (χ0n) is 13.9. The zero-order valence-corrected chi connectivity index (χ0v) is 15.5. The van der Waals surface area contributed by atoms with Crippen molar-refractivity contribution in [3.8, 4) is 11.5 Å². The number of hydrogen-bond donors (Lipinski definition) is 1. The van der Waals surface area contributed by atoms with Crippen molar-refractivity contribution in [2.45, 2.75) is 6.42 Å². The fraction of sp³-hybridized carbons (Fsp3) is 0.222. The quantitative estimate of drug-likeness (QED) is 0.713. The molecule has 0 aliphatic heterocycles. The number of methoxy groups -OCH3 is 2. The number of carbonyl (C=O) groups is 2. The van der Waals surface area contributed by atoms with Crippen molar-refractivity contribution in [3.05, 3.63) is 52.5 Å². The highest BCUT2D eigenvalue weighted by Gasteiger charge is 2.12. The number of ether oxygens (including phenoxy) is 3. The van der Waals surface area contributed by atoms with Crippen LogP contribution in [0.25, 0.3) is 0 Å². The highest BCUT2D eigenvalue weighted by atomic mass is 79.9. The first-order valence-corrected chi connectivity index (χ1v) is 8.23. The molecule has 2 aromatic carbocycles. The number of esters is 1. The number of carbonyl (C=O) groups excluding carboxylic acids is 2. The molecule has 0 aliphatic rings. The van der Waals surface area contributed by atoms with Crippen molar-refractivity contribution in [1.82, 2.24) is 0 Å². The number of rotatable bonds is 7. The predicted molar refractivity (Wildman–Crippen MR) is 97.0 cm³/mol. The highest BCUT2D eigenvalue weighted by Crippen LogP contribution is 2.28. The summed E-state index contributed by atoms with van der Waals surface area (Å²) in [6.45, 7) is -0.377. The van der Waals surface area contributed by atoms with Gasteiger partial charge in [-0.25, -0.2) is 0 Å². The lowest BCUT2D eigenvalue weighted by molar-refractivity contribution is -0.146. The number of benzene rings is 2. The highest BCUT2D eigenvalue weighted by molar-refractivity contribution is 9.10. The van der Waals surface area contributed by atoms with E-state index < -0.39 is 11.9 Å². The van der Waals surface area contributed by atoms with Crippen molar-refractivity contribution >= 4 is 33.5 Å². The van der Waals surface area contributed by atoms with Crippen LogP contribution in [0.5, 0.6) is 11.5 Å². The molecule has 25 heavy (non-hydrogen) atoms. The molecule has 0 heterocycles. The Hall–Kier alpha value is -2.54. The molecule has 7 heteroatoms. The molecule has 0 spiro atoms. The second kappa shape index (κ2) is 9.08. The Bertz CT molecular complexity index is 763. The van der Waals surface area contributed by atoms with E-state index in [0.29, 0.717) is 17.2 Å². The first kappa shape index (κ1) is 18.8. The van der Waals surface area contributed by atoms with Crippen LogP contribution in [0.4, 0.5) is 5.69 Å². The zero-order chi connectivity index (χ0) is 18.2. The van der Waals surface area contributed by atoms with Gasteiger partial charge in [-0.15, -0.1) is 0 Å². The lowest BCUT2D eigenvalue weighted by Gasteiger charge is -2.12. The lowest BCUT2D eigenvalue weighted by Crippen LogP contribution is -2.22. The van der Waals surface area contributed by atoms with Crippen molar-refractivity contribution in [2.24, 2.45) is 0 Å². The molecule has 2 aromatic rings. The van der Waals surface area contributed by atoms with E-state index >= 15 is 0 Å². The van der Waals surface area contributed by atoms with E-state index in [1.165, 1.54) is 14.2 Å². The molecule has 0 aliphatic carbocycles. The van der Waals surface area contributed by atoms with Crippen molar-refractivity contribution in [1.29, 1.82) is 0 Å². The Morgan fingerprint density at radius 3 is 2.52 bits per heavy atom. The van der Waals surface area contributed by atoms with Gasteiger partial charge in [0.1, 0.15) is 11.5 Å². The minimum atomic E-state index is -0.483. The molecule has 1 N–H and O–H groups in total. The van der Waals surface area contributed by atoms with Crippen LogP contribution in [-0.4, -0.2) is 32.7 Å². The van der Waals surface area contributed by atoms with Crippen LogP contribution in [0, 0.1) is 0 Å². The summed E-state index contributed by atoms with van der Waals surface area (Å²) in [7, 11) is 3.03. The van der Waals surface area contributed by atoms with E-state index in [1.54, 1.807) is 18.2 Å². The minimum absolute atomic E-state index is 0.0839. The average Bonchev–Trinajstić information content (AvgIpc) is 2.62. The first-order chi connectivity index (χ1) is 12.0. The van der Waals surface area contributed by atoms with Gasteiger partial charge in [0.15, 0.2) is 6.61 Å². The van der Waals surface area contributed by atoms with Crippen LogP contribution in [-0.2, 0) is 20.7 Å². The summed E-state index contributed by atoms with van der Waals surface area (Å²) in [5, 5.41) is 2.64. The SMILES string of the molecule is COc1ccc(NC(=O)COC(=O)Cc2ccccc2Br)c(OC)c1. The number of hydrogen-bond acceptors (Lipinski definition) is 5. The van der Waals surface area contributed by atoms with Gasteiger partial charge in [0.25, 0.3) is 5.91 Å². The summed E-state index contributed by atoms with van der Waals surface area (Å²) in [4.78, 5) is 23.8. The second-order valence-electron chi connectivity index (χ2n) is 5.04. The molecule has 6 nitrogen and oxygen atoms in total. The maximum atomic E-state index is 12.0. The van der Waals surface area contributed by atoms with Gasteiger partial charge >= 0.3 is 5.97 Å². The summed E-state index contributed by atoms with van der Waals surface area (Å²) >= 11 is 3.37. The van der Waals surface area contributed by atoms with Crippen LogP contribution in [0.1, 0.15) is 5.56 Å². The van der Waals surface area contributed by atoms with E-state index in [2.05, 4.69) is 21.2 Å². The second-order valence-corrected chi connectivity index (χ2v) is 5.90. The number of amides is 1. The fourth-order valence-electron chi connectivity index (χ4n) is 2.08. The van der Waals surface area contributed by atoms with Gasteiger partial charge in [-0.3, -0.25) is 9.59 Å². The summed E-state index contributed by atoms with van der Waals surface area (Å²) in [5.74, 6) is 0.120. The van der Waals surface area contributed by atoms with Crippen molar-refractivity contribution in [2.75, 3.05) is 26.1 Å². The van der Waals surface area contributed by atoms with Crippen LogP contribution in [0.2, 0.25) is 0 Å². The third-order valence-electron chi connectivity index (χ3n) is 3.34. The van der Waals surface area contributed by atoms with E-state index in [0.717, 1.165) is 10.0 Å². The number of nitrogens with one attached hydrogen (secondary N) is 1. The van der Waals surface area contributed by atoms with Crippen molar-refractivity contribution < 1.29 is 23.8 Å². The third kappa shape index (κ3) is 5.49. The Morgan fingerprint density at radius 1 is 1.08 bits per heavy atom. The van der Waals surface area contributed by atoms with Crippen molar-refractivity contribution in [3.63, 3.8) is 0 Å². The van der Waals surface area contributed by atoms with Crippen LogP contribution in [0.15, 0.2) is 46.9 Å². The Kier molecular flexibility index (Phi) is 6.82. The minimum Gasteiger partial charge on any atom is -0.497 e. The molecule has 132 valence electrons. The largest absolute Gasteiger partial charge is 0.497 e. The van der Waals surface area contributed by atoms with E-state index in [-0.39, 0.29) is 13.0 Å². The van der Waals surface area contributed by atoms with Gasteiger partial charge in [0.2, 0.25) is 0 Å². The smallest absolute Gasteiger partial charge is 0.310 e. The van der Waals surface area contributed by atoms with Gasteiger partial charge in [-0.05, 0) is 23.8 Å². The molecular formula is C18H18BrNO5. The molecule has 0 saturated heterocycles. The van der Waals surface area contributed by atoms with Crippen LogP contribution in [0.3, 0.4) is 0 Å². The molecule has 0 radical (unpaired) electrons. The van der Waals surface area contributed by atoms with Gasteiger partial charge in [0.05, 0.1) is 26.3 Å². The Balaban J connectivity index is 1.88. The molecule has 0 bridgehead atoms. The first-order valence-electron chi connectivity index (χ1n) is 7.44. The Labute approximate surface area is 154 Å². The van der Waals surface area contributed by atoms with Gasteiger partial charge < -0.3 is 19.5 Å². The van der Waals surface area contributed by atoms with Gasteiger partial charge in [-0.2, -0.15) is 0 Å². The standard InChI is InChI=1S/C18H18BrNO5/c1-23-13-7-8-15(16(10-13)24-2)20-17(21)11-25-18(22)9-12-5-3-4-6-14(12)19/h3-8,10H,9,11H2,1-2H3,(H,20,21). The summed E-state index contributed by atoms with van der Waals surface area (Å²) in [5.41, 5.74) is 1.26. The molecule has 0 aromatic heterocycles. The van der Waals surface area contributed by atoms with E-state index in [1.807, 2.05) is 24.3 Å². The maximum Gasteiger partial charge on any atom is 0.310 e. The molecule has 0 unspecified atom stereocenters. The molecule has 0 atom stereocenters. The molecular weight excluding hydrogens is 390 g/mol. The van der Waals surface area contributed by atoms with Crippen LogP contribution < -0.4 is 14.8 Å². The monoisotopic (exact) mass is 407 g/mol. The van der Waals surface area contributed by atoms with Gasteiger partial charge in [-0.1, -0.05) is 34.1 Å². The topological polar surface area (TPSA) is 73.9 Å².